The normalized spacial score (nSPS) is 11.9. The van der Waals surface area contributed by atoms with Gasteiger partial charge in [0.25, 0.3) is 10.0 Å². The van der Waals surface area contributed by atoms with Crippen molar-refractivity contribution in [1.82, 2.24) is 10.2 Å². The third-order valence-corrected chi connectivity index (χ3v) is 9.12. The molecule has 45 heavy (non-hydrogen) atoms. The van der Waals surface area contributed by atoms with Crippen molar-refractivity contribution >= 4 is 27.5 Å². The second-order valence-corrected chi connectivity index (χ2v) is 13.2. The maximum absolute atomic E-state index is 14.1. The number of aryl methyl sites for hydroxylation is 1. The van der Waals surface area contributed by atoms with Gasteiger partial charge in [-0.3, -0.25) is 13.9 Å². The number of hydrogen-bond acceptors (Lipinski definition) is 5. The molecule has 1 atom stereocenters. The van der Waals surface area contributed by atoms with E-state index in [0.717, 1.165) is 15.4 Å². The fourth-order valence-electron chi connectivity index (χ4n) is 4.69. The Morgan fingerprint density at radius 3 is 1.96 bits per heavy atom. The van der Waals surface area contributed by atoms with Crippen LogP contribution in [0.1, 0.15) is 31.9 Å². The topological polar surface area (TPSA) is 96.0 Å². The first-order valence-corrected chi connectivity index (χ1v) is 16.5. The summed E-state index contributed by atoms with van der Waals surface area (Å²) in [7, 11) is -4.16. The molecule has 0 aliphatic carbocycles. The van der Waals surface area contributed by atoms with Gasteiger partial charge in [-0.1, -0.05) is 80.1 Å². The van der Waals surface area contributed by atoms with E-state index in [9.17, 15) is 18.0 Å². The molecule has 0 aromatic heterocycles. The van der Waals surface area contributed by atoms with Gasteiger partial charge in [0.2, 0.25) is 11.8 Å². The van der Waals surface area contributed by atoms with E-state index in [4.69, 9.17) is 4.74 Å². The predicted octanol–water partition coefficient (Wildman–Crippen LogP) is 6.21. The Morgan fingerprint density at radius 1 is 0.778 bits per heavy atom. The minimum atomic E-state index is -4.16. The van der Waals surface area contributed by atoms with E-state index in [2.05, 4.69) is 5.32 Å². The molecule has 8 nitrogen and oxygen atoms in total. The molecule has 0 radical (unpaired) electrons. The van der Waals surface area contributed by atoms with Crippen LogP contribution in [0.4, 0.5) is 5.69 Å². The number of ether oxygens (including phenoxy) is 1. The smallest absolute Gasteiger partial charge is 0.264 e. The van der Waals surface area contributed by atoms with E-state index in [-0.39, 0.29) is 23.3 Å². The number of carbonyl (C=O) groups is 2. The van der Waals surface area contributed by atoms with Crippen LogP contribution >= 0.6 is 0 Å². The molecular weight excluding hydrogens is 586 g/mol. The Kier molecular flexibility index (Phi) is 11.4. The van der Waals surface area contributed by atoms with Gasteiger partial charge >= 0.3 is 0 Å². The first-order chi connectivity index (χ1) is 21.5. The van der Waals surface area contributed by atoms with E-state index in [1.54, 1.807) is 43.3 Å². The van der Waals surface area contributed by atoms with E-state index in [1.165, 1.54) is 17.0 Å². The van der Waals surface area contributed by atoms with Gasteiger partial charge in [0.1, 0.15) is 24.1 Å². The van der Waals surface area contributed by atoms with Crippen LogP contribution in [-0.4, -0.2) is 50.8 Å². The van der Waals surface area contributed by atoms with Gasteiger partial charge in [-0.05, 0) is 80.3 Å². The Hall–Kier alpha value is -4.63. The number of benzene rings is 4. The van der Waals surface area contributed by atoms with Crippen LogP contribution in [0.25, 0.3) is 0 Å². The number of para-hydroxylation sites is 1. The van der Waals surface area contributed by atoms with Crippen molar-refractivity contribution in [2.75, 3.05) is 23.9 Å². The van der Waals surface area contributed by atoms with Crippen molar-refractivity contribution in [3.63, 3.8) is 0 Å². The van der Waals surface area contributed by atoms with Crippen molar-refractivity contribution in [3.05, 3.63) is 120 Å². The molecule has 0 saturated heterocycles. The Balaban J connectivity index is 1.66. The van der Waals surface area contributed by atoms with Crippen LogP contribution in [0.5, 0.6) is 11.5 Å². The fraction of sp³-hybridized carbons (Fsp3) is 0.278. The first-order valence-electron chi connectivity index (χ1n) is 15.1. The molecule has 0 spiro atoms. The number of nitrogens with one attached hydrogen (secondary N) is 1. The highest BCUT2D eigenvalue weighted by molar-refractivity contribution is 7.92. The average molecular weight is 628 g/mol. The van der Waals surface area contributed by atoms with E-state index in [0.29, 0.717) is 30.2 Å². The second-order valence-electron chi connectivity index (χ2n) is 11.4. The van der Waals surface area contributed by atoms with Gasteiger partial charge < -0.3 is 15.0 Å². The summed E-state index contributed by atoms with van der Waals surface area (Å²) in [5, 5.41) is 2.91. The predicted molar refractivity (Wildman–Crippen MR) is 178 cm³/mol. The maximum Gasteiger partial charge on any atom is 0.264 e. The molecule has 9 heteroatoms. The highest BCUT2D eigenvalue weighted by atomic mass is 32.2. The minimum Gasteiger partial charge on any atom is -0.457 e. The number of nitrogens with zero attached hydrogens (tertiary/aromatic N) is 2. The standard InChI is InChI=1S/C36H41N3O5S/c1-27(2)25-37-36(41)29(4)38(24-23-30-11-7-5-8-12-30)35(40)26-39(45(42,43)34-21-15-28(3)16-22-34)31-17-19-33(20-18-31)44-32-13-9-6-10-14-32/h5-22,27,29H,23-26H2,1-4H3,(H,37,41)/t29-/m0/s1. The molecule has 1 N–H and O–H groups in total. The number of rotatable bonds is 14. The molecule has 0 unspecified atom stereocenters. The summed E-state index contributed by atoms with van der Waals surface area (Å²) in [4.78, 5) is 28.8. The molecule has 4 aromatic carbocycles. The Morgan fingerprint density at radius 2 is 1.36 bits per heavy atom. The summed E-state index contributed by atoms with van der Waals surface area (Å²) < 4.78 is 35.2. The fourth-order valence-corrected chi connectivity index (χ4v) is 6.11. The van der Waals surface area contributed by atoms with Crippen LogP contribution in [0.15, 0.2) is 114 Å². The molecule has 0 bridgehead atoms. The summed E-state index contributed by atoms with van der Waals surface area (Å²) in [5.41, 5.74) is 2.21. The van der Waals surface area contributed by atoms with Crippen molar-refractivity contribution in [1.29, 1.82) is 0 Å². The molecule has 236 valence electrons. The number of carbonyl (C=O) groups excluding carboxylic acids is 2. The second kappa shape index (κ2) is 15.4. The number of amides is 2. The summed E-state index contributed by atoms with van der Waals surface area (Å²) in [6.07, 6.45) is 0.505. The zero-order chi connectivity index (χ0) is 32.4. The summed E-state index contributed by atoms with van der Waals surface area (Å²) in [5.74, 6) is 0.616. The highest BCUT2D eigenvalue weighted by Crippen LogP contribution is 2.28. The third-order valence-electron chi connectivity index (χ3n) is 7.33. The quantitative estimate of drug-likeness (QED) is 0.179. The van der Waals surface area contributed by atoms with Crippen LogP contribution in [0.3, 0.4) is 0 Å². The van der Waals surface area contributed by atoms with Gasteiger partial charge in [0.05, 0.1) is 10.6 Å². The van der Waals surface area contributed by atoms with Crippen molar-refractivity contribution < 1.29 is 22.7 Å². The lowest BCUT2D eigenvalue weighted by Crippen LogP contribution is -2.52. The lowest BCUT2D eigenvalue weighted by molar-refractivity contribution is -0.138. The Bertz CT molecular complexity index is 1640. The first kappa shape index (κ1) is 33.3. The van der Waals surface area contributed by atoms with Crippen molar-refractivity contribution in [3.8, 4) is 11.5 Å². The van der Waals surface area contributed by atoms with E-state index in [1.807, 2.05) is 81.4 Å². The lowest BCUT2D eigenvalue weighted by atomic mass is 10.1. The molecule has 0 saturated carbocycles. The summed E-state index contributed by atoms with van der Waals surface area (Å²) in [6, 6.07) is 31.2. The largest absolute Gasteiger partial charge is 0.457 e. The van der Waals surface area contributed by atoms with Crippen LogP contribution in [0.2, 0.25) is 0 Å². The number of anilines is 1. The van der Waals surface area contributed by atoms with Gasteiger partial charge in [0, 0.05) is 13.1 Å². The maximum atomic E-state index is 14.1. The molecule has 0 heterocycles. The highest BCUT2D eigenvalue weighted by Gasteiger charge is 2.32. The molecule has 4 aromatic rings. The van der Waals surface area contributed by atoms with Crippen LogP contribution in [-0.2, 0) is 26.0 Å². The van der Waals surface area contributed by atoms with Gasteiger partial charge in [-0.2, -0.15) is 0 Å². The van der Waals surface area contributed by atoms with Crippen molar-refractivity contribution in [2.24, 2.45) is 5.92 Å². The minimum absolute atomic E-state index is 0.0593. The third kappa shape index (κ3) is 9.18. The molecule has 2 amide bonds. The zero-order valence-corrected chi connectivity index (χ0v) is 27.0. The van der Waals surface area contributed by atoms with Crippen LogP contribution < -0.4 is 14.4 Å². The molecule has 0 fully saturated rings. The molecular formula is C36H41N3O5S. The number of hydrogen-bond donors (Lipinski definition) is 1. The summed E-state index contributed by atoms with van der Waals surface area (Å²) >= 11 is 0. The van der Waals surface area contributed by atoms with Crippen LogP contribution in [0, 0.1) is 12.8 Å². The lowest BCUT2D eigenvalue weighted by Gasteiger charge is -2.32. The number of sulfonamides is 1. The van der Waals surface area contributed by atoms with Gasteiger partial charge in [0.15, 0.2) is 0 Å². The SMILES string of the molecule is Cc1ccc(S(=O)(=O)N(CC(=O)N(CCc2ccccc2)[C@@H](C)C(=O)NCC(C)C)c2ccc(Oc3ccccc3)cc2)cc1. The van der Waals surface area contributed by atoms with Gasteiger partial charge in [-0.15, -0.1) is 0 Å². The van der Waals surface area contributed by atoms with E-state index < -0.39 is 28.5 Å². The van der Waals surface area contributed by atoms with Gasteiger partial charge in [-0.25, -0.2) is 8.42 Å². The van der Waals surface area contributed by atoms with E-state index >= 15 is 0 Å². The average Bonchev–Trinajstić information content (AvgIpc) is 3.04. The van der Waals surface area contributed by atoms with Crippen molar-refractivity contribution in [2.45, 2.75) is 45.1 Å². The Labute approximate surface area is 266 Å². The monoisotopic (exact) mass is 627 g/mol. The summed E-state index contributed by atoms with van der Waals surface area (Å²) in [6.45, 7) is 7.75. The molecule has 0 aliphatic heterocycles. The molecule has 0 aliphatic rings. The molecule has 4 rings (SSSR count). The zero-order valence-electron chi connectivity index (χ0n) is 26.2.